The molecule has 16 N–H and O–H groups in total. The molecular formula is C24H68N8O5. The molecule has 0 bridgehead atoms. The molecule has 0 aliphatic rings. The van der Waals surface area contributed by atoms with Gasteiger partial charge in [0.1, 0.15) is 5.60 Å². The van der Waals surface area contributed by atoms with Crippen LogP contribution < -0.4 is 46.1 Å². The first kappa shape index (κ1) is 59.9. The van der Waals surface area contributed by atoms with Crippen molar-refractivity contribution in [2.75, 3.05) is 14.1 Å². The Labute approximate surface area is 228 Å². The van der Waals surface area contributed by atoms with Gasteiger partial charge >= 0.3 is 11.9 Å². The van der Waals surface area contributed by atoms with Crippen LogP contribution in [-0.4, -0.2) is 42.6 Å². The molecule has 13 nitrogen and oxygen atoms in total. The summed E-state index contributed by atoms with van der Waals surface area (Å²) in [6.45, 7) is 7.70. The van der Waals surface area contributed by atoms with E-state index in [1.807, 2.05) is 20.8 Å². The Morgan fingerprint density at radius 2 is 1.05 bits per heavy atom. The largest absolute Gasteiger partial charge is 0.481 e. The number of ether oxygens (including phenoxy) is 1. The first-order valence-corrected chi connectivity index (χ1v) is 11.3. The number of rotatable bonds is 12. The summed E-state index contributed by atoms with van der Waals surface area (Å²) in [5.41, 5.74) is 4.08. The van der Waals surface area contributed by atoms with Crippen molar-refractivity contribution in [3.63, 3.8) is 0 Å². The maximum absolute atomic E-state index is 11.3. The second-order valence-electron chi connectivity index (χ2n) is 7.38. The minimum absolute atomic E-state index is 0. The van der Waals surface area contributed by atoms with Crippen LogP contribution in [0.25, 0.3) is 0 Å². The number of hydrogen-bond acceptors (Lipinski definition) is 11. The molecule has 0 aromatic rings. The monoisotopic (exact) mass is 549 g/mol. The lowest BCUT2D eigenvalue weighted by Gasteiger charge is -2.19. The quantitative estimate of drug-likeness (QED) is 0.0735. The van der Waals surface area contributed by atoms with E-state index in [0.29, 0.717) is 19.3 Å². The fourth-order valence-electron chi connectivity index (χ4n) is 2.13. The van der Waals surface area contributed by atoms with E-state index in [9.17, 15) is 14.4 Å². The summed E-state index contributed by atoms with van der Waals surface area (Å²) in [6, 6.07) is 0. The molecule has 234 valence electrons. The molecule has 0 rings (SSSR count). The number of nitrogens with two attached hydrogens (primary N) is 7. The lowest BCUT2D eigenvalue weighted by Crippen LogP contribution is -2.23. The van der Waals surface area contributed by atoms with E-state index in [0.717, 1.165) is 25.7 Å². The van der Waals surface area contributed by atoms with E-state index in [-0.39, 0.29) is 40.6 Å². The molecule has 1 amide bonds. The Balaban J connectivity index is -0.0000000465. The van der Waals surface area contributed by atoms with Gasteiger partial charge in [-0.3, -0.25) is 49.4 Å². The molecule has 0 heterocycles. The van der Waals surface area contributed by atoms with E-state index in [1.165, 1.54) is 26.3 Å². The fraction of sp³-hybridized carbons (Fsp3) is 0.875. The highest BCUT2D eigenvalue weighted by atomic mass is 16.6. The lowest BCUT2D eigenvalue weighted by atomic mass is 10.1. The SMILES string of the molecule is C.C.C.CC(C)(C)OC(=O)CCCCCCC(=O)O.CCCCCCC(=O)NC.CN.NN.NN.NN. The molecule has 0 saturated carbocycles. The van der Waals surface area contributed by atoms with Gasteiger partial charge in [0.15, 0.2) is 0 Å². The molecule has 0 atom stereocenters. The number of aliphatic carboxylic acids is 1. The highest BCUT2D eigenvalue weighted by Crippen LogP contribution is 2.11. The summed E-state index contributed by atoms with van der Waals surface area (Å²) in [5, 5.41) is 11.0. The van der Waals surface area contributed by atoms with Crippen LogP contribution in [0.15, 0.2) is 0 Å². The first-order chi connectivity index (χ1) is 16.1. The lowest BCUT2D eigenvalue weighted by molar-refractivity contribution is -0.155. The van der Waals surface area contributed by atoms with E-state index < -0.39 is 11.6 Å². The smallest absolute Gasteiger partial charge is 0.306 e. The number of carbonyl (C=O) groups excluding carboxylic acids is 2. The van der Waals surface area contributed by atoms with Crippen molar-refractivity contribution in [2.24, 2.45) is 40.8 Å². The first-order valence-electron chi connectivity index (χ1n) is 11.3. The summed E-state index contributed by atoms with van der Waals surface area (Å²) in [5.74, 6) is 23.2. The van der Waals surface area contributed by atoms with E-state index >= 15 is 0 Å². The number of carboxylic acid groups (broad SMARTS) is 1. The Hall–Kier alpha value is -1.87. The van der Waals surface area contributed by atoms with Crippen molar-refractivity contribution in [2.45, 2.75) is 126 Å². The highest BCUT2D eigenvalue weighted by molar-refractivity contribution is 5.75. The summed E-state index contributed by atoms with van der Waals surface area (Å²) in [4.78, 5) is 32.2. The van der Waals surface area contributed by atoms with Gasteiger partial charge in [-0.05, 0) is 47.1 Å². The number of amides is 1. The summed E-state index contributed by atoms with van der Waals surface area (Å²) in [6.07, 6.45) is 9.22. The van der Waals surface area contributed by atoms with Crippen LogP contribution in [0.5, 0.6) is 0 Å². The zero-order valence-corrected chi connectivity index (χ0v) is 22.4. The Bertz CT molecular complexity index is 411. The predicted molar refractivity (Wildman–Crippen MR) is 159 cm³/mol. The molecule has 0 radical (unpaired) electrons. The molecule has 0 fully saturated rings. The average molecular weight is 549 g/mol. The van der Waals surface area contributed by atoms with Gasteiger partial charge in [0.2, 0.25) is 5.91 Å². The number of carboxylic acids is 1. The predicted octanol–water partition coefficient (Wildman–Crippen LogP) is 2.40. The Morgan fingerprint density at radius 1 is 0.703 bits per heavy atom. The molecule has 0 aromatic heterocycles. The molecule has 0 unspecified atom stereocenters. The van der Waals surface area contributed by atoms with Crippen molar-refractivity contribution in [1.29, 1.82) is 0 Å². The van der Waals surface area contributed by atoms with Crippen LogP contribution in [0.4, 0.5) is 0 Å². The molecule has 0 saturated heterocycles. The van der Waals surface area contributed by atoms with Gasteiger partial charge < -0.3 is 20.9 Å². The number of esters is 1. The number of hydrogen-bond donors (Lipinski definition) is 9. The van der Waals surface area contributed by atoms with E-state index in [1.54, 1.807) is 7.05 Å². The molecular weight excluding hydrogens is 480 g/mol. The van der Waals surface area contributed by atoms with Gasteiger partial charge in [-0.2, -0.15) is 0 Å². The average Bonchev–Trinajstić information content (AvgIpc) is 2.83. The normalized spacial score (nSPS) is 8.03. The van der Waals surface area contributed by atoms with Gasteiger partial charge in [0.25, 0.3) is 0 Å². The summed E-state index contributed by atoms with van der Waals surface area (Å²) in [7, 11) is 3.18. The third-order valence-corrected chi connectivity index (χ3v) is 3.48. The van der Waals surface area contributed by atoms with Gasteiger partial charge in [0.05, 0.1) is 0 Å². The van der Waals surface area contributed by atoms with Gasteiger partial charge in [-0.15, -0.1) is 0 Å². The molecule has 37 heavy (non-hydrogen) atoms. The minimum Gasteiger partial charge on any atom is -0.481 e. The van der Waals surface area contributed by atoms with Gasteiger partial charge in [-0.1, -0.05) is 61.3 Å². The van der Waals surface area contributed by atoms with Crippen LogP contribution in [-0.2, 0) is 19.1 Å². The Kier molecular flexibility index (Phi) is 88.9. The second-order valence-corrected chi connectivity index (χ2v) is 7.38. The van der Waals surface area contributed by atoms with Crippen molar-refractivity contribution < 1.29 is 24.2 Å². The molecule has 0 spiro atoms. The standard InChI is InChI=1S/C12H22O4.C8H17NO.CH5N.3CH4.3H4N2/c1-12(2,3)16-11(15)9-7-5-4-6-8-10(13)14;1-3-4-5-6-7-8(10)9-2;1-2;;;;3*1-2/h4-9H2,1-3H3,(H,13,14);3-7H2,1-2H3,(H,9,10);2H2,1H3;3*1H4;3*1-2H2. The van der Waals surface area contributed by atoms with E-state index in [4.69, 9.17) is 9.84 Å². The minimum atomic E-state index is -0.757. The fourth-order valence-corrected chi connectivity index (χ4v) is 2.13. The third kappa shape index (κ3) is 87.0. The number of hydrazine groups is 3. The third-order valence-electron chi connectivity index (χ3n) is 3.48. The number of unbranched alkanes of at least 4 members (excludes halogenated alkanes) is 6. The second kappa shape index (κ2) is 54.9. The van der Waals surface area contributed by atoms with Crippen LogP contribution in [0.3, 0.4) is 0 Å². The molecule has 0 aliphatic carbocycles. The maximum Gasteiger partial charge on any atom is 0.306 e. The van der Waals surface area contributed by atoms with Crippen molar-refractivity contribution in [1.82, 2.24) is 5.32 Å². The summed E-state index contributed by atoms with van der Waals surface area (Å²) < 4.78 is 5.15. The molecule has 0 aliphatic heterocycles. The van der Waals surface area contributed by atoms with Crippen LogP contribution in [0, 0.1) is 0 Å². The maximum atomic E-state index is 11.3. The molecule has 13 heteroatoms. The van der Waals surface area contributed by atoms with Crippen molar-refractivity contribution in [3.8, 4) is 0 Å². The zero-order valence-electron chi connectivity index (χ0n) is 22.4. The van der Waals surface area contributed by atoms with Crippen LogP contribution in [0.2, 0.25) is 0 Å². The van der Waals surface area contributed by atoms with Gasteiger partial charge in [0, 0.05) is 26.3 Å². The van der Waals surface area contributed by atoms with Crippen molar-refractivity contribution >= 4 is 17.8 Å². The van der Waals surface area contributed by atoms with Crippen LogP contribution >= 0.6 is 0 Å². The zero-order chi connectivity index (χ0) is 28.4. The topological polar surface area (TPSA) is 275 Å². The van der Waals surface area contributed by atoms with E-state index in [2.05, 4.69) is 53.0 Å². The molecule has 0 aromatic carbocycles. The van der Waals surface area contributed by atoms with Gasteiger partial charge in [-0.25, -0.2) is 0 Å². The van der Waals surface area contributed by atoms with Crippen molar-refractivity contribution in [3.05, 3.63) is 0 Å². The summed E-state index contributed by atoms with van der Waals surface area (Å²) >= 11 is 0. The highest BCUT2D eigenvalue weighted by Gasteiger charge is 2.15. The Morgan fingerprint density at radius 3 is 1.38 bits per heavy atom. The van der Waals surface area contributed by atoms with Crippen LogP contribution in [0.1, 0.15) is 121 Å². The number of nitrogens with one attached hydrogen (secondary N) is 1. The number of carbonyl (C=O) groups is 3.